The van der Waals surface area contributed by atoms with Crippen LogP contribution in [0.15, 0.2) is 137 Å². The second kappa shape index (κ2) is 15.4. The van der Waals surface area contributed by atoms with Crippen LogP contribution < -0.4 is 10.6 Å². The first kappa shape index (κ1) is 35.6. The zero-order valence-electron chi connectivity index (χ0n) is 28.2. The monoisotopic (exact) mass is 723 g/mol. The number of benzene rings is 4. The molecular formula is C39H37N3O7S2. The molecule has 0 spiro atoms. The van der Waals surface area contributed by atoms with E-state index in [1.165, 1.54) is 16.7 Å². The summed E-state index contributed by atoms with van der Waals surface area (Å²) in [6.45, 7) is 5.10. The molecule has 4 aromatic rings. The van der Waals surface area contributed by atoms with E-state index in [1.54, 1.807) is 51.1 Å². The van der Waals surface area contributed by atoms with Crippen LogP contribution in [-0.2, 0) is 34.7 Å². The van der Waals surface area contributed by atoms with Gasteiger partial charge in [-0.25, -0.2) is 9.59 Å². The van der Waals surface area contributed by atoms with E-state index in [0.717, 1.165) is 16.0 Å². The van der Waals surface area contributed by atoms with Crippen LogP contribution in [0.3, 0.4) is 0 Å². The lowest BCUT2D eigenvalue weighted by molar-refractivity contribution is -0.155. The zero-order chi connectivity index (χ0) is 36.1. The number of carbonyl (C=O) groups excluding carboxylic acids is 4. The molecule has 262 valence electrons. The lowest BCUT2D eigenvalue weighted by Crippen LogP contribution is -2.74. The maximum atomic E-state index is 14.3. The van der Waals surface area contributed by atoms with E-state index in [1.807, 2.05) is 91.0 Å². The number of carbonyl (C=O) groups is 4. The molecule has 4 atom stereocenters. The maximum absolute atomic E-state index is 14.3. The van der Waals surface area contributed by atoms with Crippen molar-refractivity contribution < 1.29 is 32.9 Å². The minimum absolute atomic E-state index is 0.0210. The number of ether oxygens (including phenoxy) is 2. The van der Waals surface area contributed by atoms with Gasteiger partial charge in [0, 0.05) is 9.80 Å². The number of fused-ring (bicyclic) bond motifs is 1. The summed E-state index contributed by atoms with van der Waals surface area (Å²) in [6, 6.07) is 33.9. The summed E-state index contributed by atoms with van der Waals surface area (Å²) in [5.41, 5.74) is 1.07. The quantitative estimate of drug-likeness (QED) is 0.151. The van der Waals surface area contributed by atoms with E-state index in [2.05, 4.69) is 10.6 Å². The second-order valence-corrected chi connectivity index (χ2v) is 15.6. The molecule has 0 bridgehead atoms. The summed E-state index contributed by atoms with van der Waals surface area (Å²) >= 11 is 1.24. The summed E-state index contributed by atoms with van der Waals surface area (Å²) in [4.78, 5) is 57.3. The van der Waals surface area contributed by atoms with Crippen molar-refractivity contribution in [3.8, 4) is 0 Å². The van der Waals surface area contributed by atoms with Gasteiger partial charge in [0.15, 0.2) is 6.10 Å². The molecule has 1 fully saturated rings. The Balaban J connectivity index is 1.31. The first-order chi connectivity index (χ1) is 24.5. The van der Waals surface area contributed by atoms with Crippen LogP contribution >= 0.6 is 11.8 Å². The molecule has 10 nitrogen and oxygen atoms in total. The number of rotatable bonds is 10. The van der Waals surface area contributed by atoms with Gasteiger partial charge in [0.1, 0.15) is 28.8 Å². The van der Waals surface area contributed by atoms with Crippen LogP contribution in [0.2, 0.25) is 0 Å². The molecule has 6 rings (SSSR count). The first-order valence-corrected chi connectivity index (χ1v) is 18.5. The fraction of sp³-hybridized carbons (Fsp3) is 0.231. The molecule has 2 unspecified atom stereocenters. The van der Waals surface area contributed by atoms with E-state index in [9.17, 15) is 23.4 Å². The number of nitrogens with one attached hydrogen (secondary N) is 2. The highest BCUT2D eigenvalue weighted by Crippen LogP contribution is 2.42. The third kappa shape index (κ3) is 8.24. The summed E-state index contributed by atoms with van der Waals surface area (Å²) in [5.74, 6) is -2.14. The standard InChI is InChI=1S/C39H37N3O7S2/c1-39(2,3)49-38(46)41-30(25-16-8-4-9-17-25)34(43)40-31-35(44)42-32(29(24-51(47)36(31)42)50-28-22-14-7-15-23-28)37(45)48-33(26-18-10-5-11-19-26)27-20-12-6-13-21-27/h4-23,30-31,33,36H,24H2,1-3H3,(H,40,43)(H,41,46)/t30?,31-,36-,51?/m1/s1. The topological polar surface area (TPSA) is 131 Å². The number of nitrogens with zero attached hydrogens (tertiary/aromatic N) is 1. The van der Waals surface area contributed by atoms with Gasteiger partial charge in [-0.3, -0.25) is 18.7 Å². The van der Waals surface area contributed by atoms with E-state index in [4.69, 9.17) is 9.47 Å². The second-order valence-electron chi connectivity index (χ2n) is 12.9. The Labute approximate surface area is 303 Å². The minimum Gasteiger partial charge on any atom is -0.448 e. The van der Waals surface area contributed by atoms with Gasteiger partial charge in [-0.1, -0.05) is 121 Å². The number of hydrogen-bond donors (Lipinski definition) is 2. The third-order valence-electron chi connectivity index (χ3n) is 8.05. The van der Waals surface area contributed by atoms with E-state index in [0.29, 0.717) is 10.5 Å². The number of hydrogen-bond acceptors (Lipinski definition) is 8. The fourth-order valence-corrected chi connectivity index (χ4v) is 8.74. The molecule has 4 aromatic carbocycles. The van der Waals surface area contributed by atoms with Gasteiger partial charge in [-0.05, 0) is 49.6 Å². The van der Waals surface area contributed by atoms with Crippen molar-refractivity contribution in [2.24, 2.45) is 0 Å². The van der Waals surface area contributed by atoms with Crippen molar-refractivity contribution in [1.82, 2.24) is 15.5 Å². The molecule has 2 aliphatic rings. The van der Waals surface area contributed by atoms with E-state index in [-0.39, 0.29) is 11.4 Å². The van der Waals surface area contributed by atoms with E-state index >= 15 is 0 Å². The summed E-state index contributed by atoms with van der Waals surface area (Å²) < 4.78 is 25.5. The molecule has 0 aromatic heterocycles. The number of β-lactam (4-membered cyclic amide) rings is 1. The zero-order valence-corrected chi connectivity index (χ0v) is 29.8. The Hall–Kier alpha value is -5.20. The van der Waals surface area contributed by atoms with Gasteiger partial charge in [0.2, 0.25) is 5.91 Å². The largest absolute Gasteiger partial charge is 0.448 e. The molecule has 3 amide bonds. The normalized spacial score (nSPS) is 19.0. The Bertz CT molecular complexity index is 1910. The molecular weight excluding hydrogens is 687 g/mol. The predicted octanol–water partition coefficient (Wildman–Crippen LogP) is 6.00. The average molecular weight is 724 g/mol. The van der Waals surface area contributed by atoms with Crippen LogP contribution in [0, 0.1) is 0 Å². The Morgan fingerprint density at radius 3 is 1.84 bits per heavy atom. The van der Waals surface area contributed by atoms with Crippen LogP contribution in [0.25, 0.3) is 0 Å². The lowest BCUT2D eigenvalue weighted by Gasteiger charge is -2.49. The van der Waals surface area contributed by atoms with Crippen LogP contribution in [0.4, 0.5) is 4.79 Å². The maximum Gasteiger partial charge on any atom is 0.408 e. The van der Waals surface area contributed by atoms with Gasteiger partial charge in [0.25, 0.3) is 5.91 Å². The molecule has 2 aliphatic heterocycles. The molecule has 2 heterocycles. The van der Waals surface area contributed by atoms with Crippen molar-refractivity contribution in [2.45, 2.75) is 54.8 Å². The highest BCUT2D eigenvalue weighted by Gasteiger charge is 2.58. The highest BCUT2D eigenvalue weighted by atomic mass is 32.2. The smallest absolute Gasteiger partial charge is 0.408 e. The number of esters is 1. The third-order valence-corrected chi connectivity index (χ3v) is 10.9. The van der Waals surface area contributed by atoms with Crippen LogP contribution in [0.5, 0.6) is 0 Å². The highest BCUT2D eigenvalue weighted by molar-refractivity contribution is 8.04. The van der Waals surface area contributed by atoms with Gasteiger partial charge in [0.05, 0.1) is 16.6 Å². The predicted molar refractivity (Wildman–Crippen MR) is 194 cm³/mol. The molecule has 12 heteroatoms. The minimum atomic E-state index is -1.71. The van der Waals surface area contributed by atoms with Crippen molar-refractivity contribution in [2.75, 3.05) is 5.75 Å². The van der Waals surface area contributed by atoms with Crippen LogP contribution in [-0.4, -0.2) is 55.8 Å². The summed E-state index contributed by atoms with van der Waals surface area (Å²) in [7, 11) is -1.71. The summed E-state index contributed by atoms with van der Waals surface area (Å²) in [6.07, 6.45) is -1.62. The van der Waals surface area contributed by atoms with E-state index < -0.39 is 63.8 Å². The molecule has 51 heavy (non-hydrogen) atoms. The van der Waals surface area contributed by atoms with Crippen molar-refractivity contribution >= 4 is 46.4 Å². The van der Waals surface area contributed by atoms with Crippen molar-refractivity contribution in [3.05, 3.63) is 149 Å². The van der Waals surface area contributed by atoms with Gasteiger partial charge in [-0.2, -0.15) is 0 Å². The average Bonchev–Trinajstić information content (AvgIpc) is 3.12. The lowest BCUT2D eigenvalue weighted by atomic mass is 10.0. The van der Waals surface area contributed by atoms with Crippen LogP contribution in [0.1, 0.15) is 49.6 Å². The van der Waals surface area contributed by atoms with Crippen molar-refractivity contribution in [1.29, 1.82) is 0 Å². The summed E-state index contributed by atoms with van der Waals surface area (Å²) in [5, 5.41) is 4.25. The number of alkyl carbamates (subject to hydrolysis) is 1. The molecule has 0 aliphatic carbocycles. The van der Waals surface area contributed by atoms with Gasteiger partial charge >= 0.3 is 12.1 Å². The molecule has 0 saturated carbocycles. The van der Waals surface area contributed by atoms with Gasteiger partial charge < -0.3 is 20.1 Å². The van der Waals surface area contributed by atoms with Gasteiger partial charge in [-0.15, -0.1) is 0 Å². The molecule has 1 saturated heterocycles. The Morgan fingerprint density at radius 1 is 0.804 bits per heavy atom. The Morgan fingerprint density at radius 2 is 1.31 bits per heavy atom. The molecule has 2 N–H and O–H groups in total. The fourth-order valence-electron chi connectivity index (χ4n) is 5.80. The number of thioether (sulfide) groups is 1. The SMILES string of the molecule is CC(C)(C)OC(=O)NC(C(=O)N[C@@H]1C(=O)N2C(C(=O)OC(c3ccccc3)c3ccccc3)=C(Sc3ccccc3)CS(=O)[C@H]12)c1ccccc1. The Kier molecular flexibility index (Phi) is 10.7. The van der Waals surface area contributed by atoms with Crippen molar-refractivity contribution in [3.63, 3.8) is 0 Å². The molecule has 0 radical (unpaired) electrons. The number of amides is 3. The first-order valence-electron chi connectivity index (χ1n) is 16.3.